The number of carbonyl (C=O) groups excluding carboxylic acids is 5. The Kier molecular flexibility index (Phi) is 12.9. The number of nitrogens with two attached hydrogens (primary N) is 1. The van der Waals surface area contributed by atoms with Gasteiger partial charge in [-0.1, -0.05) is 65.0 Å². The van der Waals surface area contributed by atoms with Gasteiger partial charge in [-0.3, -0.25) is 29.1 Å². The van der Waals surface area contributed by atoms with E-state index in [1.807, 2.05) is 39.0 Å². The molecule has 0 radical (unpaired) electrons. The topological polar surface area (TPSA) is 182 Å². The van der Waals surface area contributed by atoms with Crippen LogP contribution in [0, 0.1) is 11.8 Å². The summed E-state index contributed by atoms with van der Waals surface area (Å²) in [5.74, 6) is -3.85. The molecule has 0 spiro atoms. The predicted octanol–water partition coefficient (Wildman–Crippen LogP) is 1.60. The van der Waals surface area contributed by atoms with Gasteiger partial charge < -0.3 is 26.4 Å². The highest BCUT2D eigenvalue weighted by atomic mass is 16.5. The molecule has 3 unspecified atom stereocenters. The molecule has 12 nitrogen and oxygen atoms in total. The van der Waals surface area contributed by atoms with Crippen LogP contribution in [0.2, 0.25) is 0 Å². The molecule has 41 heavy (non-hydrogen) atoms. The summed E-state index contributed by atoms with van der Waals surface area (Å²) in [6, 6.07) is 5.71. The monoisotopic (exact) mass is 568 g/mol. The van der Waals surface area contributed by atoms with Crippen molar-refractivity contribution in [2.75, 3.05) is 0 Å². The number of carbonyl (C=O) groups is 5. The molecule has 2 aromatic rings. The van der Waals surface area contributed by atoms with Gasteiger partial charge in [0.1, 0.15) is 24.7 Å². The van der Waals surface area contributed by atoms with Gasteiger partial charge in [0.15, 0.2) is 0 Å². The minimum atomic E-state index is -1.31. The fourth-order valence-corrected chi connectivity index (χ4v) is 3.97. The van der Waals surface area contributed by atoms with Crippen LogP contribution in [0.1, 0.15) is 58.0 Å². The molecule has 0 aliphatic rings. The first-order valence-corrected chi connectivity index (χ1v) is 13.6. The van der Waals surface area contributed by atoms with E-state index in [-0.39, 0.29) is 31.3 Å². The van der Waals surface area contributed by atoms with Crippen molar-refractivity contribution < 1.29 is 28.7 Å². The Morgan fingerprint density at radius 3 is 2.10 bits per heavy atom. The van der Waals surface area contributed by atoms with Crippen LogP contribution in [0.25, 0.3) is 0 Å². The number of nitrogens with zero attached hydrogens (tertiary/aromatic N) is 2. The SMILES string of the molecule is CCc1cncc(CC(NC(=O)C(CC(C)C)NC(=O)C(NC(=O)OCc2ccccc2)C(C)C)C(=O)C(N)=O)n1. The van der Waals surface area contributed by atoms with Crippen LogP contribution in [0.3, 0.4) is 0 Å². The van der Waals surface area contributed by atoms with Gasteiger partial charge in [-0.2, -0.15) is 0 Å². The molecule has 3 atom stereocenters. The van der Waals surface area contributed by atoms with Crippen LogP contribution in [0.5, 0.6) is 0 Å². The summed E-state index contributed by atoms with van der Waals surface area (Å²) in [6.45, 7) is 9.13. The van der Waals surface area contributed by atoms with Crippen molar-refractivity contribution in [2.45, 2.75) is 78.6 Å². The molecular formula is C29H40N6O6. The largest absolute Gasteiger partial charge is 0.445 e. The Bertz CT molecular complexity index is 1200. The molecule has 1 aromatic carbocycles. The highest BCUT2D eigenvalue weighted by molar-refractivity contribution is 6.37. The zero-order chi connectivity index (χ0) is 30.5. The molecule has 222 valence electrons. The van der Waals surface area contributed by atoms with E-state index in [9.17, 15) is 24.0 Å². The first-order chi connectivity index (χ1) is 19.4. The summed E-state index contributed by atoms with van der Waals surface area (Å²) in [7, 11) is 0. The quantitative estimate of drug-likeness (QED) is 0.234. The summed E-state index contributed by atoms with van der Waals surface area (Å²) < 4.78 is 5.25. The maximum absolute atomic E-state index is 13.4. The minimum absolute atomic E-state index is 0.0234. The first-order valence-electron chi connectivity index (χ1n) is 13.6. The van der Waals surface area contributed by atoms with E-state index in [1.165, 1.54) is 6.20 Å². The van der Waals surface area contributed by atoms with E-state index in [4.69, 9.17) is 10.5 Å². The zero-order valence-electron chi connectivity index (χ0n) is 24.2. The molecule has 12 heteroatoms. The number of primary amides is 1. The van der Waals surface area contributed by atoms with Gasteiger partial charge in [0, 0.05) is 18.8 Å². The van der Waals surface area contributed by atoms with Crippen molar-refractivity contribution in [1.29, 1.82) is 0 Å². The van der Waals surface area contributed by atoms with Gasteiger partial charge in [0.2, 0.25) is 17.6 Å². The molecular weight excluding hydrogens is 528 g/mol. The Morgan fingerprint density at radius 2 is 1.51 bits per heavy atom. The van der Waals surface area contributed by atoms with Crippen molar-refractivity contribution in [2.24, 2.45) is 17.6 Å². The van der Waals surface area contributed by atoms with Gasteiger partial charge in [0.05, 0.1) is 11.4 Å². The zero-order valence-corrected chi connectivity index (χ0v) is 24.2. The number of alkyl carbamates (subject to hydrolysis) is 1. The van der Waals surface area contributed by atoms with Gasteiger partial charge in [-0.15, -0.1) is 0 Å². The summed E-state index contributed by atoms with van der Waals surface area (Å²) >= 11 is 0. The van der Waals surface area contributed by atoms with Crippen molar-refractivity contribution >= 4 is 29.6 Å². The molecule has 1 heterocycles. The normalized spacial score (nSPS) is 13.1. The molecule has 2 rings (SSSR count). The van der Waals surface area contributed by atoms with E-state index < -0.39 is 47.7 Å². The Morgan fingerprint density at radius 1 is 0.878 bits per heavy atom. The maximum Gasteiger partial charge on any atom is 0.408 e. The third kappa shape index (κ3) is 11.0. The van der Waals surface area contributed by atoms with Crippen molar-refractivity contribution in [3.63, 3.8) is 0 Å². The summed E-state index contributed by atoms with van der Waals surface area (Å²) in [6.07, 6.45) is 2.96. The van der Waals surface area contributed by atoms with Gasteiger partial charge in [0.25, 0.3) is 5.91 Å². The average Bonchev–Trinajstić information content (AvgIpc) is 2.93. The lowest BCUT2D eigenvalue weighted by molar-refractivity contribution is -0.139. The summed E-state index contributed by atoms with van der Waals surface area (Å²) in [4.78, 5) is 71.9. The first kappa shape index (κ1) is 32.9. The van der Waals surface area contributed by atoms with E-state index in [0.717, 1.165) is 5.56 Å². The van der Waals surface area contributed by atoms with Crippen LogP contribution >= 0.6 is 0 Å². The van der Waals surface area contributed by atoms with Crippen molar-refractivity contribution in [3.05, 3.63) is 59.7 Å². The number of amides is 4. The molecule has 0 fully saturated rings. The molecule has 0 saturated heterocycles. The second-order valence-corrected chi connectivity index (χ2v) is 10.5. The smallest absolute Gasteiger partial charge is 0.408 e. The second kappa shape index (κ2) is 16.0. The Balaban J connectivity index is 2.15. The molecule has 0 saturated carbocycles. The fourth-order valence-electron chi connectivity index (χ4n) is 3.97. The summed E-state index contributed by atoms with van der Waals surface area (Å²) in [5.41, 5.74) is 7.10. The molecule has 0 aliphatic carbocycles. The number of benzene rings is 1. The third-order valence-corrected chi connectivity index (χ3v) is 6.16. The standard InChI is InChI=1S/C29H40N6O6/c1-6-20-14-31-15-21(32-20)13-22(25(36)26(30)37)33-27(38)23(12-17(2)3)34-28(39)24(18(4)5)35-29(40)41-16-19-10-8-7-9-11-19/h7-11,14-15,17-18,22-24H,6,12-13,16H2,1-5H3,(H2,30,37)(H,33,38)(H,34,39)(H,35,40). The van der Waals surface area contributed by atoms with Gasteiger partial charge in [-0.05, 0) is 30.2 Å². The molecule has 4 amide bonds. The number of aromatic nitrogens is 2. The molecule has 1 aromatic heterocycles. The maximum atomic E-state index is 13.4. The lowest BCUT2D eigenvalue weighted by atomic mass is 9.99. The average molecular weight is 569 g/mol. The third-order valence-electron chi connectivity index (χ3n) is 6.16. The Labute approximate surface area is 240 Å². The van der Waals surface area contributed by atoms with Gasteiger partial charge >= 0.3 is 6.09 Å². The van der Waals surface area contributed by atoms with Crippen LogP contribution < -0.4 is 21.7 Å². The van der Waals surface area contributed by atoms with E-state index in [2.05, 4.69) is 25.9 Å². The fraction of sp³-hybridized carbons (Fsp3) is 0.483. The van der Waals surface area contributed by atoms with Crippen LogP contribution in [-0.2, 0) is 43.4 Å². The number of ketones is 1. The van der Waals surface area contributed by atoms with Crippen LogP contribution in [0.4, 0.5) is 4.79 Å². The van der Waals surface area contributed by atoms with Crippen molar-refractivity contribution in [1.82, 2.24) is 25.9 Å². The number of ether oxygens (including phenoxy) is 1. The van der Waals surface area contributed by atoms with Crippen LogP contribution in [0.15, 0.2) is 42.7 Å². The number of aryl methyl sites for hydroxylation is 1. The number of rotatable bonds is 15. The van der Waals surface area contributed by atoms with E-state index >= 15 is 0 Å². The molecule has 0 bridgehead atoms. The number of hydrogen-bond donors (Lipinski definition) is 4. The van der Waals surface area contributed by atoms with Crippen LogP contribution in [-0.4, -0.2) is 57.7 Å². The number of hydrogen-bond acceptors (Lipinski definition) is 8. The predicted molar refractivity (Wildman–Crippen MR) is 151 cm³/mol. The highest BCUT2D eigenvalue weighted by Crippen LogP contribution is 2.10. The second-order valence-electron chi connectivity index (χ2n) is 10.5. The lowest BCUT2D eigenvalue weighted by Gasteiger charge is -2.27. The number of Topliss-reactive ketones (excluding diaryl/α,β-unsaturated/α-hetero) is 1. The highest BCUT2D eigenvalue weighted by Gasteiger charge is 2.33. The molecule has 0 aliphatic heterocycles. The van der Waals surface area contributed by atoms with Crippen molar-refractivity contribution in [3.8, 4) is 0 Å². The van der Waals surface area contributed by atoms with E-state index in [1.54, 1.807) is 32.2 Å². The lowest BCUT2D eigenvalue weighted by Crippen LogP contribution is -2.58. The molecule has 5 N–H and O–H groups in total. The Hall–Kier alpha value is -4.35. The van der Waals surface area contributed by atoms with E-state index in [0.29, 0.717) is 17.8 Å². The van der Waals surface area contributed by atoms with Gasteiger partial charge in [-0.25, -0.2) is 4.79 Å². The minimum Gasteiger partial charge on any atom is -0.445 e. The summed E-state index contributed by atoms with van der Waals surface area (Å²) in [5, 5.41) is 7.81. The number of nitrogens with one attached hydrogen (secondary N) is 3.